The van der Waals surface area contributed by atoms with E-state index in [9.17, 15) is 4.79 Å². The van der Waals surface area contributed by atoms with Crippen molar-refractivity contribution in [1.29, 1.82) is 0 Å². The molecule has 3 unspecified atom stereocenters. The van der Waals surface area contributed by atoms with E-state index < -0.39 is 0 Å². The number of amides is 1. The molecule has 0 bridgehead atoms. The summed E-state index contributed by atoms with van der Waals surface area (Å²) in [6.07, 6.45) is 3.74. The first kappa shape index (κ1) is 19.1. The highest BCUT2D eigenvalue weighted by molar-refractivity contribution is 6.04. The summed E-state index contributed by atoms with van der Waals surface area (Å²) in [6, 6.07) is 18.4. The third kappa shape index (κ3) is 4.79. The SMILES string of the molecule is O=C(Nc1cccc(CNC2CCCC2C2COCCN2)c1)c1ccccc1. The third-order valence-electron chi connectivity index (χ3n) is 5.83. The van der Waals surface area contributed by atoms with Crippen LogP contribution in [0.3, 0.4) is 0 Å². The van der Waals surface area contributed by atoms with E-state index >= 15 is 0 Å². The topological polar surface area (TPSA) is 62.4 Å². The van der Waals surface area contributed by atoms with E-state index in [0.29, 0.717) is 23.6 Å². The molecule has 2 fully saturated rings. The Morgan fingerprint density at radius 3 is 2.82 bits per heavy atom. The Kier molecular flexibility index (Phi) is 6.37. The van der Waals surface area contributed by atoms with E-state index in [1.807, 2.05) is 42.5 Å². The van der Waals surface area contributed by atoms with Gasteiger partial charge in [0, 0.05) is 36.4 Å². The van der Waals surface area contributed by atoms with Crippen LogP contribution in [-0.2, 0) is 11.3 Å². The first-order valence-electron chi connectivity index (χ1n) is 10.3. The Balaban J connectivity index is 1.34. The van der Waals surface area contributed by atoms with Crippen molar-refractivity contribution >= 4 is 11.6 Å². The standard InChI is InChI=1S/C23H29N3O2/c27-23(18-7-2-1-3-8-18)26-19-9-4-6-17(14-19)15-25-21-11-5-10-20(21)22-16-28-13-12-24-22/h1-4,6-9,14,20-22,24-25H,5,10-13,15-16H2,(H,26,27). The van der Waals surface area contributed by atoms with Gasteiger partial charge >= 0.3 is 0 Å². The predicted octanol–water partition coefficient (Wildman–Crippen LogP) is 3.19. The van der Waals surface area contributed by atoms with Crippen LogP contribution in [0.2, 0.25) is 0 Å². The summed E-state index contributed by atoms with van der Waals surface area (Å²) in [5, 5.41) is 10.4. The van der Waals surface area contributed by atoms with E-state index in [1.54, 1.807) is 0 Å². The molecule has 1 saturated carbocycles. The van der Waals surface area contributed by atoms with Gasteiger partial charge < -0.3 is 20.7 Å². The van der Waals surface area contributed by atoms with Gasteiger partial charge in [0.2, 0.25) is 0 Å². The van der Waals surface area contributed by atoms with E-state index in [1.165, 1.54) is 24.8 Å². The van der Waals surface area contributed by atoms with Gasteiger partial charge in [-0.25, -0.2) is 0 Å². The maximum atomic E-state index is 12.4. The van der Waals surface area contributed by atoms with Crippen LogP contribution in [0.25, 0.3) is 0 Å². The van der Waals surface area contributed by atoms with Gasteiger partial charge in [0.1, 0.15) is 0 Å². The molecule has 3 atom stereocenters. The zero-order valence-electron chi connectivity index (χ0n) is 16.2. The lowest BCUT2D eigenvalue weighted by molar-refractivity contribution is 0.0524. The van der Waals surface area contributed by atoms with Crippen LogP contribution in [0.4, 0.5) is 5.69 Å². The second kappa shape index (κ2) is 9.32. The maximum Gasteiger partial charge on any atom is 0.255 e. The fraction of sp³-hybridized carbons (Fsp3) is 0.435. The van der Waals surface area contributed by atoms with Crippen molar-refractivity contribution in [1.82, 2.24) is 10.6 Å². The van der Waals surface area contributed by atoms with Crippen LogP contribution >= 0.6 is 0 Å². The smallest absolute Gasteiger partial charge is 0.255 e. The van der Waals surface area contributed by atoms with Gasteiger partial charge in [-0.1, -0.05) is 36.8 Å². The lowest BCUT2D eigenvalue weighted by Gasteiger charge is -2.33. The van der Waals surface area contributed by atoms with Gasteiger partial charge in [-0.3, -0.25) is 4.79 Å². The highest BCUT2D eigenvalue weighted by Crippen LogP contribution is 2.29. The Labute approximate surface area is 166 Å². The Morgan fingerprint density at radius 2 is 2.00 bits per heavy atom. The Hall–Kier alpha value is -2.21. The highest BCUT2D eigenvalue weighted by Gasteiger charge is 2.34. The molecule has 0 spiro atoms. The van der Waals surface area contributed by atoms with Crippen LogP contribution in [-0.4, -0.2) is 37.7 Å². The molecule has 28 heavy (non-hydrogen) atoms. The van der Waals surface area contributed by atoms with Crippen molar-refractivity contribution in [2.45, 2.75) is 37.9 Å². The zero-order valence-corrected chi connectivity index (χ0v) is 16.2. The summed E-state index contributed by atoms with van der Waals surface area (Å²) in [5.41, 5.74) is 2.69. The van der Waals surface area contributed by atoms with Gasteiger partial charge in [0.05, 0.1) is 13.2 Å². The summed E-state index contributed by atoms with van der Waals surface area (Å²) in [7, 11) is 0. The minimum atomic E-state index is -0.0788. The molecule has 148 valence electrons. The minimum absolute atomic E-state index is 0.0788. The molecule has 1 aliphatic carbocycles. The van der Waals surface area contributed by atoms with Crippen molar-refractivity contribution in [3.8, 4) is 0 Å². The molecular formula is C23H29N3O2. The maximum absolute atomic E-state index is 12.4. The molecule has 1 saturated heterocycles. The molecule has 1 amide bonds. The van der Waals surface area contributed by atoms with Crippen LogP contribution in [0.1, 0.15) is 35.2 Å². The summed E-state index contributed by atoms with van der Waals surface area (Å²) in [4.78, 5) is 12.4. The van der Waals surface area contributed by atoms with E-state index in [-0.39, 0.29) is 5.91 Å². The monoisotopic (exact) mass is 379 g/mol. The molecule has 3 N–H and O–H groups in total. The van der Waals surface area contributed by atoms with E-state index in [0.717, 1.165) is 32.0 Å². The average molecular weight is 380 g/mol. The molecular weight excluding hydrogens is 350 g/mol. The summed E-state index contributed by atoms with van der Waals surface area (Å²) >= 11 is 0. The van der Waals surface area contributed by atoms with Crippen LogP contribution in [0, 0.1) is 5.92 Å². The quantitative estimate of drug-likeness (QED) is 0.721. The Bertz CT molecular complexity index is 774. The number of carbonyl (C=O) groups excluding carboxylic acids is 1. The van der Waals surface area contributed by atoms with Gasteiger partial charge in [0.25, 0.3) is 5.91 Å². The molecule has 1 aliphatic heterocycles. The molecule has 0 aromatic heterocycles. The molecule has 0 radical (unpaired) electrons. The first-order valence-corrected chi connectivity index (χ1v) is 10.3. The van der Waals surface area contributed by atoms with E-state index in [2.05, 4.69) is 28.1 Å². The minimum Gasteiger partial charge on any atom is -0.379 e. The number of anilines is 1. The second-order valence-corrected chi connectivity index (χ2v) is 7.74. The largest absolute Gasteiger partial charge is 0.379 e. The lowest BCUT2D eigenvalue weighted by Crippen LogP contribution is -2.50. The number of benzene rings is 2. The highest BCUT2D eigenvalue weighted by atomic mass is 16.5. The second-order valence-electron chi connectivity index (χ2n) is 7.74. The van der Waals surface area contributed by atoms with Gasteiger partial charge in [0.15, 0.2) is 0 Å². The predicted molar refractivity (Wildman–Crippen MR) is 111 cm³/mol. The molecule has 5 nitrogen and oxygen atoms in total. The van der Waals surface area contributed by atoms with Crippen molar-refractivity contribution in [2.24, 2.45) is 5.92 Å². The normalized spacial score (nSPS) is 24.8. The molecule has 2 aliphatic rings. The Morgan fingerprint density at radius 1 is 1.11 bits per heavy atom. The van der Waals surface area contributed by atoms with Crippen molar-refractivity contribution in [2.75, 3.05) is 25.1 Å². The zero-order chi connectivity index (χ0) is 19.2. The fourth-order valence-electron chi connectivity index (χ4n) is 4.39. The fourth-order valence-corrected chi connectivity index (χ4v) is 4.39. The summed E-state index contributed by atoms with van der Waals surface area (Å²) < 4.78 is 5.66. The van der Waals surface area contributed by atoms with Crippen LogP contribution in [0.5, 0.6) is 0 Å². The van der Waals surface area contributed by atoms with Gasteiger partial charge in [-0.05, 0) is 48.6 Å². The number of carbonyl (C=O) groups is 1. The average Bonchev–Trinajstić information content (AvgIpc) is 3.22. The molecule has 4 rings (SSSR count). The third-order valence-corrected chi connectivity index (χ3v) is 5.83. The molecule has 2 aromatic carbocycles. The molecule has 5 heteroatoms. The summed E-state index contributed by atoms with van der Waals surface area (Å²) in [5.74, 6) is 0.547. The van der Waals surface area contributed by atoms with Crippen molar-refractivity contribution in [3.63, 3.8) is 0 Å². The lowest BCUT2D eigenvalue weighted by atomic mass is 9.94. The number of hydrogen-bond acceptors (Lipinski definition) is 4. The van der Waals surface area contributed by atoms with Crippen LogP contribution in [0.15, 0.2) is 54.6 Å². The molecule has 1 heterocycles. The van der Waals surface area contributed by atoms with Crippen molar-refractivity contribution in [3.05, 3.63) is 65.7 Å². The van der Waals surface area contributed by atoms with Gasteiger partial charge in [-0.15, -0.1) is 0 Å². The van der Waals surface area contributed by atoms with Crippen molar-refractivity contribution < 1.29 is 9.53 Å². The van der Waals surface area contributed by atoms with E-state index in [4.69, 9.17) is 4.74 Å². The number of hydrogen-bond donors (Lipinski definition) is 3. The van der Waals surface area contributed by atoms with Gasteiger partial charge in [-0.2, -0.15) is 0 Å². The number of rotatable bonds is 6. The number of ether oxygens (including phenoxy) is 1. The van der Waals surface area contributed by atoms with Crippen LogP contribution < -0.4 is 16.0 Å². The number of nitrogens with one attached hydrogen (secondary N) is 3. The summed E-state index contributed by atoms with van der Waals surface area (Å²) in [6.45, 7) is 3.41. The first-order chi connectivity index (χ1) is 13.8. The number of morpholine rings is 1. The molecule has 2 aromatic rings.